The number of benzene rings is 2. The topological polar surface area (TPSA) is 29.1 Å². The molecule has 4 heteroatoms. The zero-order chi connectivity index (χ0) is 13.0. The number of nitrogens with one attached hydrogen (secondary N) is 1. The van der Waals surface area contributed by atoms with E-state index in [1.165, 1.54) is 0 Å². The highest BCUT2D eigenvalue weighted by molar-refractivity contribution is 6.33. The van der Waals surface area contributed by atoms with Gasteiger partial charge in [-0.15, -0.1) is 11.6 Å². The van der Waals surface area contributed by atoms with Crippen LogP contribution in [0.15, 0.2) is 48.5 Å². The molecule has 0 spiro atoms. The molecule has 0 atom stereocenters. The Morgan fingerprint density at radius 1 is 1.11 bits per heavy atom. The minimum atomic E-state index is -0.199. The maximum Gasteiger partial charge on any atom is 0.255 e. The van der Waals surface area contributed by atoms with Gasteiger partial charge in [-0.3, -0.25) is 4.79 Å². The fraction of sp³-hybridized carbons (Fsp3) is 0.0714. The van der Waals surface area contributed by atoms with Crippen LogP contribution in [0.4, 0.5) is 5.69 Å². The summed E-state index contributed by atoms with van der Waals surface area (Å²) in [6, 6.07) is 14.3. The van der Waals surface area contributed by atoms with Crippen LogP contribution in [-0.4, -0.2) is 5.91 Å². The first-order valence-corrected chi connectivity index (χ1v) is 6.33. The van der Waals surface area contributed by atoms with E-state index in [2.05, 4.69) is 5.32 Å². The van der Waals surface area contributed by atoms with Crippen LogP contribution in [0.25, 0.3) is 0 Å². The molecule has 2 aromatic carbocycles. The summed E-state index contributed by atoms with van der Waals surface area (Å²) in [7, 11) is 0. The molecule has 2 aromatic rings. The number of carbonyl (C=O) groups is 1. The average Bonchev–Trinajstić information content (AvgIpc) is 2.41. The fourth-order valence-electron chi connectivity index (χ4n) is 1.55. The van der Waals surface area contributed by atoms with Gasteiger partial charge in [0.05, 0.1) is 10.7 Å². The summed E-state index contributed by atoms with van der Waals surface area (Å²) in [6.45, 7) is 0. The zero-order valence-corrected chi connectivity index (χ0v) is 11.0. The van der Waals surface area contributed by atoms with Crippen molar-refractivity contribution in [2.24, 2.45) is 0 Å². The molecule has 0 fully saturated rings. The Morgan fingerprint density at radius 2 is 1.89 bits per heavy atom. The lowest BCUT2D eigenvalue weighted by atomic mass is 10.1. The van der Waals surface area contributed by atoms with Crippen LogP contribution >= 0.6 is 23.2 Å². The second-order valence-corrected chi connectivity index (χ2v) is 4.44. The average molecular weight is 280 g/mol. The maximum atomic E-state index is 12.0. The van der Waals surface area contributed by atoms with Crippen LogP contribution in [0, 0.1) is 0 Å². The van der Waals surface area contributed by atoms with Crippen molar-refractivity contribution in [3.05, 3.63) is 64.7 Å². The Morgan fingerprint density at radius 3 is 2.61 bits per heavy atom. The zero-order valence-electron chi connectivity index (χ0n) is 9.49. The number of hydrogen-bond donors (Lipinski definition) is 1. The van der Waals surface area contributed by atoms with Crippen molar-refractivity contribution in [2.45, 2.75) is 5.88 Å². The summed E-state index contributed by atoms with van der Waals surface area (Å²) in [5, 5.41) is 3.28. The summed E-state index contributed by atoms with van der Waals surface area (Å²) >= 11 is 11.7. The van der Waals surface area contributed by atoms with Crippen molar-refractivity contribution in [3.63, 3.8) is 0 Å². The third kappa shape index (κ3) is 3.03. The van der Waals surface area contributed by atoms with Gasteiger partial charge in [0.2, 0.25) is 0 Å². The maximum absolute atomic E-state index is 12.0. The quantitative estimate of drug-likeness (QED) is 0.833. The summed E-state index contributed by atoms with van der Waals surface area (Å²) in [4.78, 5) is 12.0. The standard InChI is InChI=1S/C14H11Cl2NO/c15-9-10-4-3-5-11(8-10)14(18)17-13-7-2-1-6-12(13)16/h1-8H,9H2,(H,17,18). The van der Waals surface area contributed by atoms with E-state index in [-0.39, 0.29) is 5.91 Å². The number of hydrogen-bond acceptors (Lipinski definition) is 1. The molecule has 18 heavy (non-hydrogen) atoms. The van der Waals surface area contributed by atoms with Crippen LogP contribution in [-0.2, 0) is 5.88 Å². The molecule has 0 saturated carbocycles. The second kappa shape index (κ2) is 5.89. The van der Waals surface area contributed by atoms with Crippen molar-refractivity contribution in [1.82, 2.24) is 0 Å². The number of rotatable bonds is 3. The molecule has 0 aliphatic heterocycles. The molecule has 1 N–H and O–H groups in total. The number of para-hydroxylation sites is 1. The first-order valence-electron chi connectivity index (χ1n) is 5.41. The second-order valence-electron chi connectivity index (χ2n) is 3.77. The predicted molar refractivity (Wildman–Crippen MR) is 75.4 cm³/mol. The van der Waals surface area contributed by atoms with Gasteiger partial charge in [-0.25, -0.2) is 0 Å². The molecular formula is C14H11Cl2NO. The number of anilines is 1. The third-order valence-electron chi connectivity index (χ3n) is 2.47. The Balaban J connectivity index is 2.19. The van der Waals surface area contributed by atoms with E-state index < -0.39 is 0 Å². The molecule has 0 aliphatic rings. The van der Waals surface area contributed by atoms with E-state index in [4.69, 9.17) is 23.2 Å². The van der Waals surface area contributed by atoms with E-state index in [9.17, 15) is 4.79 Å². The van der Waals surface area contributed by atoms with Crippen molar-refractivity contribution < 1.29 is 4.79 Å². The van der Waals surface area contributed by atoms with Crippen LogP contribution in [0.2, 0.25) is 5.02 Å². The van der Waals surface area contributed by atoms with Crippen molar-refractivity contribution in [1.29, 1.82) is 0 Å². The fourth-order valence-corrected chi connectivity index (χ4v) is 1.90. The molecule has 1 amide bonds. The van der Waals surface area contributed by atoms with Crippen LogP contribution in [0.3, 0.4) is 0 Å². The highest BCUT2D eigenvalue weighted by atomic mass is 35.5. The minimum absolute atomic E-state index is 0.199. The first kappa shape index (κ1) is 12.9. The predicted octanol–water partition coefficient (Wildman–Crippen LogP) is 4.33. The number of alkyl halides is 1. The van der Waals surface area contributed by atoms with Gasteiger partial charge in [0.15, 0.2) is 0 Å². The van der Waals surface area contributed by atoms with Gasteiger partial charge in [-0.05, 0) is 29.8 Å². The largest absolute Gasteiger partial charge is 0.321 e. The van der Waals surface area contributed by atoms with E-state index in [0.29, 0.717) is 22.2 Å². The van der Waals surface area contributed by atoms with E-state index in [1.807, 2.05) is 18.2 Å². The van der Waals surface area contributed by atoms with Gasteiger partial charge in [0.1, 0.15) is 0 Å². The van der Waals surface area contributed by atoms with E-state index in [0.717, 1.165) is 5.56 Å². The summed E-state index contributed by atoms with van der Waals surface area (Å²) in [5.41, 5.74) is 2.07. The molecule has 0 unspecified atom stereocenters. The van der Waals surface area contributed by atoms with Crippen molar-refractivity contribution in [2.75, 3.05) is 5.32 Å². The van der Waals surface area contributed by atoms with Crippen LogP contribution in [0.5, 0.6) is 0 Å². The summed E-state index contributed by atoms with van der Waals surface area (Å²) in [5.74, 6) is 0.183. The van der Waals surface area contributed by atoms with E-state index in [1.54, 1.807) is 30.3 Å². The van der Waals surface area contributed by atoms with E-state index >= 15 is 0 Å². The first-order chi connectivity index (χ1) is 8.70. The molecule has 0 aromatic heterocycles. The molecular weight excluding hydrogens is 269 g/mol. The molecule has 0 aliphatic carbocycles. The van der Waals surface area contributed by atoms with Gasteiger partial charge >= 0.3 is 0 Å². The smallest absolute Gasteiger partial charge is 0.255 e. The highest BCUT2D eigenvalue weighted by Gasteiger charge is 2.08. The van der Waals surface area contributed by atoms with Gasteiger partial charge in [0.25, 0.3) is 5.91 Å². The summed E-state index contributed by atoms with van der Waals surface area (Å²) in [6.07, 6.45) is 0. The lowest BCUT2D eigenvalue weighted by molar-refractivity contribution is 0.102. The van der Waals surface area contributed by atoms with Gasteiger partial charge in [-0.1, -0.05) is 35.9 Å². The van der Waals surface area contributed by atoms with Crippen molar-refractivity contribution in [3.8, 4) is 0 Å². The lowest BCUT2D eigenvalue weighted by Gasteiger charge is -2.07. The van der Waals surface area contributed by atoms with Gasteiger partial charge in [-0.2, -0.15) is 0 Å². The number of carbonyl (C=O) groups excluding carboxylic acids is 1. The SMILES string of the molecule is O=C(Nc1ccccc1Cl)c1cccc(CCl)c1. The Kier molecular flexibility index (Phi) is 4.24. The molecule has 92 valence electrons. The molecule has 0 heterocycles. The normalized spacial score (nSPS) is 10.1. The Bertz CT molecular complexity index is 569. The summed E-state index contributed by atoms with van der Waals surface area (Å²) < 4.78 is 0. The Hall–Kier alpha value is -1.51. The van der Waals surface area contributed by atoms with Gasteiger partial charge in [0, 0.05) is 11.4 Å². The minimum Gasteiger partial charge on any atom is -0.321 e. The molecule has 0 saturated heterocycles. The van der Waals surface area contributed by atoms with Crippen LogP contribution < -0.4 is 5.32 Å². The van der Waals surface area contributed by atoms with Crippen LogP contribution in [0.1, 0.15) is 15.9 Å². The lowest BCUT2D eigenvalue weighted by Crippen LogP contribution is -2.12. The number of halogens is 2. The molecule has 0 bridgehead atoms. The molecule has 0 radical (unpaired) electrons. The third-order valence-corrected chi connectivity index (χ3v) is 3.10. The highest BCUT2D eigenvalue weighted by Crippen LogP contribution is 2.21. The number of amides is 1. The molecule has 2 nitrogen and oxygen atoms in total. The monoisotopic (exact) mass is 279 g/mol. The Labute approximate surface area is 116 Å². The van der Waals surface area contributed by atoms with Gasteiger partial charge < -0.3 is 5.32 Å². The molecule has 2 rings (SSSR count). The van der Waals surface area contributed by atoms with Crippen molar-refractivity contribution >= 4 is 34.8 Å².